The average molecular weight is 385 g/mol. The first-order valence-electron chi connectivity index (χ1n) is 9.53. The van der Waals surface area contributed by atoms with E-state index in [1.54, 1.807) is 6.26 Å². The zero-order chi connectivity index (χ0) is 20.0. The molecule has 0 bridgehead atoms. The summed E-state index contributed by atoms with van der Waals surface area (Å²) >= 11 is 0. The van der Waals surface area contributed by atoms with Gasteiger partial charge in [-0.1, -0.05) is 18.2 Å². The topological polar surface area (TPSA) is 93.8 Å². The van der Waals surface area contributed by atoms with Gasteiger partial charge < -0.3 is 4.42 Å². The standard InChI is InChI=1S/C22H19N5O2/c1-12-15-6-3-4-7-16(15)25-21(23-12)27-22-24-13(2)20-17(26-22)10-14(11-18(20)28)19-8-5-9-29-19/h3-9,14H,10-11H2,1-2H3,(H,23,24,25,26,27). The third kappa shape index (κ3) is 3.14. The smallest absolute Gasteiger partial charge is 0.230 e. The maximum atomic E-state index is 12.7. The first kappa shape index (κ1) is 17.5. The number of benzene rings is 1. The van der Waals surface area contributed by atoms with Crippen LogP contribution in [0.5, 0.6) is 0 Å². The van der Waals surface area contributed by atoms with E-state index >= 15 is 0 Å². The maximum Gasteiger partial charge on any atom is 0.230 e. The van der Waals surface area contributed by atoms with Gasteiger partial charge in [-0.25, -0.2) is 19.9 Å². The van der Waals surface area contributed by atoms with Gasteiger partial charge in [0.05, 0.1) is 34.4 Å². The van der Waals surface area contributed by atoms with E-state index in [1.807, 2.05) is 50.2 Å². The van der Waals surface area contributed by atoms with Crippen LogP contribution in [-0.2, 0) is 6.42 Å². The van der Waals surface area contributed by atoms with Gasteiger partial charge in [-0.3, -0.25) is 10.1 Å². The van der Waals surface area contributed by atoms with Gasteiger partial charge in [-0.2, -0.15) is 0 Å². The van der Waals surface area contributed by atoms with E-state index in [0.29, 0.717) is 36.0 Å². The molecule has 1 atom stereocenters. The highest BCUT2D eigenvalue weighted by molar-refractivity contribution is 5.99. The van der Waals surface area contributed by atoms with Gasteiger partial charge >= 0.3 is 0 Å². The minimum atomic E-state index is -0.00804. The van der Waals surface area contributed by atoms with Gasteiger partial charge in [0, 0.05) is 24.1 Å². The van der Waals surface area contributed by atoms with Crippen molar-refractivity contribution in [1.82, 2.24) is 19.9 Å². The maximum absolute atomic E-state index is 12.7. The second kappa shape index (κ2) is 6.77. The lowest BCUT2D eigenvalue weighted by Crippen LogP contribution is -2.22. The van der Waals surface area contributed by atoms with Crippen LogP contribution in [0, 0.1) is 13.8 Å². The first-order chi connectivity index (χ1) is 14.1. The molecule has 1 unspecified atom stereocenters. The number of carbonyl (C=O) groups excluding carboxylic acids is 1. The number of para-hydroxylation sites is 1. The Labute approximate surface area is 167 Å². The lowest BCUT2D eigenvalue weighted by atomic mass is 9.84. The molecule has 1 N–H and O–H groups in total. The number of furan rings is 1. The molecule has 3 aromatic heterocycles. The summed E-state index contributed by atoms with van der Waals surface area (Å²) in [5.74, 6) is 1.68. The highest BCUT2D eigenvalue weighted by Gasteiger charge is 2.31. The van der Waals surface area contributed by atoms with E-state index < -0.39 is 0 Å². The van der Waals surface area contributed by atoms with Crippen molar-refractivity contribution in [3.63, 3.8) is 0 Å². The van der Waals surface area contributed by atoms with Crippen LogP contribution in [0.4, 0.5) is 11.9 Å². The normalized spacial score (nSPS) is 16.1. The van der Waals surface area contributed by atoms with E-state index in [4.69, 9.17) is 4.42 Å². The largest absolute Gasteiger partial charge is 0.469 e. The lowest BCUT2D eigenvalue weighted by molar-refractivity contribution is 0.0958. The second-order valence-corrected chi connectivity index (χ2v) is 7.27. The van der Waals surface area contributed by atoms with E-state index in [-0.39, 0.29) is 11.7 Å². The van der Waals surface area contributed by atoms with Crippen LogP contribution in [0.25, 0.3) is 10.9 Å². The number of aryl methyl sites for hydroxylation is 2. The summed E-state index contributed by atoms with van der Waals surface area (Å²) in [6.07, 6.45) is 2.67. The molecule has 1 aromatic carbocycles. The van der Waals surface area contributed by atoms with Crippen LogP contribution in [0.2, 0.25) is 0 Å². The number of nitrogens with zero attached hydrogens (tertiary/aromatic N) is 4. The Hall–Kier alpha value is -3.61. The highest BCUT2D eigenvalue weighted by Crippen LogP contribution is 2.33. The van der Waals surface area contributed by atoms with Crippen molar-refractivity contribution >= 4 is 28.6 Å². The minimum absolute atomic E-state index is 0.00804. The molecule has 0 amide bonds. The molecule has 0 radical (unpaired) electrons. The molecule has 0 fully saturated rings. The quantitative estimate of drug-likeness (QED) is 0.562. The molecule has 0 spiro atoms. The molecule has 7 heteroatoms. The Morgan fingerprint density at radius 3 is 2.55 bits per heavy atom. The lowest BCUT2D eigenvalue weighted by Gasteiger charge is -2.22. The van der Waals surface area contributed by atoms with E-state index in [2.05, 4.69) is 25.3 Å². The summed E-state index contributed by atoms with van der Waals surface area (Å²) in [5.41, 5.74) is 3.74. The van der Waals surface area contributed by atoms with Crippen molar-refractivity contribution in [3.8, 4) is 0 Å². The molecule has 7 nitrogen and oxygen atoms in total. The van der Waals surface area contributed by atoms with Crippen LogP contribution in [0.1, 0.15) is 45.5 Å². The third-order valence-corrected chi connectivity index (χ3v) is 5.28. The van der Waals surface area contributed by atoms with Crippen molar-refractivity contribution in [2.75, 3.05) is 5.32 Å². The fourth-order valence-electron chi connectivity index (χ4n) is 3.95. The number of hydrogen-bond acceptors (Lipinski definition) is 7. The molecule has 144 valence electrons. The van der Waals surface area contributed by atoms with Gasteiger partial charge in [0.25, 0.3) is 0 Å². The fourth-order valence-corrected chi connectivity index (χ4v) is 3.95. The molecular weight excluding hydrogens is 366 g/mol. The van der Waals surface area contributed by atoms with Crippen LogP contribution < -0.4 is 5.32 Å². The summed E-state index contributed by atoms with van der Waals surface area (Å²) in [6.45, 7) is 3.78. The van der Waals surface area contributed by atoms with Crippen molar-refractivity contribution in [1.29, 1.82) is 0 Å². The fraction of sp³-hybridized carbons (Fsp3) is 0.227. The van der Waals surface area contributed by atoms with Gasteiger partial charge in [-0.05, 0) is 32.0 Å². The Morgan fingerprint density at radius 2 is 1.72 bits per heavy atom. The molecule has 4 aromatic rings. The predicted octanol–water partition coefficient (Wildman–Crippen LogP) is 4.29. The number of nitrogens with one attached hydrogen (secondary N) is 1. The number of ketones is 1. The van der Waals surface area contributed by atoms with Gasteiger partial charge in [0.2, 0.25) is 11.9 Å². The van der Waals surface area contributed by atoms with Crippen LogP contribution in [-0.4, -0.2) is 25.7 Å². The summed E-state index contributed by atoms with van der Waals surface area (Å²) in [6, 6.07) is 11.6. The molecular formula is C22H19N5O2. The first-order valence-corrected chi connectivity index (χ1v) is 9.53. The zero-order valence-electron chi connectivity index (χ0n) is 16.1. The number of hydrogen-bond donors (Lipinski definition) is 1. The molecule has 3 heterocycles. The molecule has 0 saturated carbocycles. The Morgan fingerprint density at radius 1 is 0.931 bits per heavy atom. The Kier molecular flexibility index (Phi) is 4.08. The molecule has 1 aliphatic rings. The van der Waals surface area contributed by atoms with Crippen molar-refractivity contribution < 1.29 is 9.21 Å². The molecule has 5 rings (SSSR count). The molecule has 0 aliphatic heterocycles. The highest BCUT2D eigenvalue weighted by atomic mass is 16.3. The predicted molar refractivity (Wildman–Crippen MR) is 108 cm³/mol. The Balaban J connectivity index is 1.50. The van der Waals surface area contributed by atoms with E-state index in [9.17, 15) is 4.79 Å². The minimum Gasteiger partial charge on any atom is -0.469 e. The van der Waals surface area contributed by atoms with E-state index in [1.165, 1.54) is 0 Å². The SMILES string of the molecule is Cc1nc(Nc2nc(C)c3ccccc3n2)nc2c1C(=O)CC(c1ccco1)C2. The summed E-state index contributed by atoms with van der Waals surface area (Å²) in [7, 11) is 0. The number of carbonyl (C=O) groups is 1. The van der Waals surface area contributed by atoms with Crippen molar-refractivity contribution in [2.45, 2.75) is 32.6 Å². The third-order valence-electron chi connectivity index (χ3n) is 5.28. The van der Waals surface area contributed by atoms with Crippen LogP contribution in [0.3, 0.4) is 0 Å². The number of fused-ring (bicyclic) bond motifs is 2. The number of anilines is 2. The number of Topliss-reactive ketones (excluding diaryl/α,β-unsaturated/α-hetero) is 1. The zero-order valence-corrected chi connectivity index (χ0v) is 16.1. The molecule has 1 aliphatic carbocycles. The Bertz CT molecular complexity index is 1230. The summed E-state index contributed by atoms with van der Waals surface area (Å²) < 4.78 is 5.52. The van der Waals surface area contributed by atoms with Gasteiger partial charge in [0.15, 0.2) is 5.78 Å². The molecule has 29 heavy (non-hydrogen) atoms. The van der Waals surface area contributed by atoms with Crippen molar-refractivity contribution in [2.24, 2.45) is 0 Å². The average Bonchev–Trinajstić information content (AvgIpc) is 3.22. The van der Waals surface area contributed by atoms with Gasteiger partial charge in [0.1, 0.15) is 5.76 Å². The monoisotopic (exact) mass is 385 g/mol. The number of aromatic nitrogens is 4. The summed E-state index contributed by atoms with van der Waals surface area (Å²) in [5, 5.41) is 4.12. The molecule has 0 saturated heterocycles. The van der Waals surface area contributed by atoms with Crippen LogP contribution in [0.15, 0.2) is 47.1 Å². The van der Waals surface area contributed by atoms with E-state index in [0.717, 1.165) is 28.1 Å². The van der Waals surface area contributed by atoms with Gasteiger partial charge in [-0.15, -0.1) is 0 Å². The van der Waals surface area contributed by atoms with Crippen LogP contribution >= 0.6 is 0 Å². The number of rotatable bonds is 3. The second-order valence-electron chi connectivity index (χ2n) is 7.27. The van der Waals surface area contributed by atoms with Crippen molar-refractivity contribution in [3.05, 3.63) is 71.1 Å². The summed E-state index contributed by atoms with van der Waals surface area (Å²) in [4.78, 5) is 30.9.